The summed E-state index contributed by atoms with van der Waals surface area (Å²) in [4.78, 5) is 4.44. The number of aromatic nitrogens is 2. The van der Waals surface area contributed by atoms with Crippen molar-refractivity contribution < 1.29 is 9.47 Å². The predicted molar refractivity (Wildman–Crippen MR) is 76.5 cm³/mol. The number of ether oxygens (including phenoxy) is 2. The van der Waals surface area contributed by atoms with Gasteiger partial charge in [-0.05, 0) is 33.1 Å². The summed E-state index contributed by atoms with van der Waals surface area (Å²) in [5, 5.41) is 3.79. The lowest BCUT2D eigenvalue weighted by Gasteiger charge is -2.35. The van der Waals surface area contributed by atoms with Crippen LogP contribution in [0.3, 0.4) is 0 Å². The first kappa shape index (κ1) is 14.0. The van der Waals surface area contributed by atoms with Crippen molar-refractivity contribution in [2.24, 2.45) is 7.05 Å². The average molecular weight is 279 g/mol. The van der Waals surface area contributed by atoms with E-state index in [0.29, 0.717) is 24.3 Å². The number of hydrogen-bond acceptors (Lipinski definition) is 4. The largest absolute Gasteiger partial charge is 0.375 e. The zero-order valence-corrected chi connectivity index (χ0v) is 12.6. The van der Waals surface area contributed by atoms with Crippen molar-refractivity contribution >= 4 is 0 Å². The van der Waals surface area contributed by atoms with E-state index in [1.54, 1.807) is 0 Å². The fourth-order valence-electron chi connectivity index (χ4n) is 3.51. The van der Waals surface area contributed by atoms with Crippen molar-refractivity contribution in [2.75, 3.05) is 6.61 Å². The van der Waals surface area contributed by atoms with E-state index in [2.05, 4.69) is 28.7 Å². The van der Waals surface area contributed by atoms with Crippen LogP contribution in [-0.4, -0.2) is 40.4 Å². The van der Waals surface area contributed by atoms with Gasteiger partial charge < -0.3 is 19.4 Å². The van der Waals surface area contributed by atoms with Crippen molar-refractivity contribution in [3.63, 3.8) is 0 Å². The van der Waals surface area contributed by atoms with E-state index in [0.717, 1.165) is 31.7 Å². The molecule has 0 aromatic carbocycles. The van der Waals surface area contributed by atoms with Gasteiger partial charge in [0.05, 0.1) is 12.2 Å². The number of nitrogens with zero attached hydrogens (tertiary/aromatic N) is 2. The first-order valence-electron chi connectivity index (χ1n) is 7.64. The number of hydrogen-bond donors (Lipinski definition) is 1. The monoisotopic (exact) mass is 279 g/mol. The van der Waals surface area contributed by atoms with Crippen molar-refractivity contribution in [3.05, 3.63) is 18.2 Å². The van der Waals surface area contributed by atoms with Crippen molar-refractivity contribution in [1.82, 2.24) is 14.9 Å². The second-order valence-corrected chi connectivity index (χ2v) is 6.18. The third kappa shape index (κ3) is 2.90. The molecule has 20 heavy (non-hydrogen) atoms. The molecule has 2 aliphatic rings. The van der Waals surface area contributed by atoms with E-state index in [4.69, 9.17) is 9.47 Å². The summed E-state index contributed by atoms with van der Waals surface area (Å²) >= 11 is 0. The van der Waals surface area contributed by atoms with Gasteiger partial charge in [0.2, 0.25) is 0 Å². The van der Waals surface area contributed by atoms with E-state index in [9.17, 15) is 0 Å². The minimum Gasteiger partial charge on any atom is -0.375 e. The molecule has 2 unspecified atom stereocenters. The van der Waals surface area contributed by atoms with Crippen LogP contribution in [-0.2, 0) is 16.5 Å². The van der Waals surface area contributed by atoms with Crippen molar-refractivity contribution in [2.45, 2.75) is 63.5 Å². The number of imidazole rings is 1. The SMILES string of the molecule is CC1CC(N[C@H]2CCO[C@@H]2c2nccn2C)CC(C)O1. The van der Waals surface area contributed by atoms with Gasteiger partial charge in [-0.25, -0.2) is 4.98 Å². The third-order valence-corrected chi connectivity index (χ3v) is 4.35. The standard InChI is InChI=1S/C15H25N3O2/c1-10-8-12(9-11(2)20-10)17-13-4-7-19-14(13)15-16-5-6-18(15)3/h5-6,10-14,17H,4,7-9H2,1-3H3/t10?,11?,12?,13-,14-/m0/s1. The van der Waals surface area contributed by atoms with Gasteiger partial charge in [0, 0.05) is 38.1 Å². The number of aryl methyl sites for hydroxylation is 1. The molecule has 2 saturated heterocycles. The van der Waals surface area contributed by atoms with E-state index in [1.807, 2.05) is 19.4 Å². The lowest BCUT2D eigenvalue weighted by molar-refractivity contribution is -0.0451. The molecule has 0 saturated carbocycles. The Morgan fingerprint density at radius 3 is 2.70 bits per heavy atom. The average Bonchev–Trinajstić information content (AvgIpc) is 2.96. The number of nitrogens with one attached hydrogen (secondary N) is 1. The van der Waals surface area contributed by atoms with E-state index in [1.165, 1.54) is 0 Å². The maximum atomic E-state index is 5.91. The molecule has 0 spiro atoms. The van der Waals surface area contributed by atoms with Crippen LogP contribution in [0.15, 0.2) is 12.4 Å². The molecular weight excluding hydrogens is 254 g/mol. The number of rotatable bonds is 3. The molecule has 1 aromatic rings. The summed E-state index contributed by atoms with van der Waals surface area (Å²) in [6.07, 6.45) is 7.78. The van der Waals surface area contributed by atoms with Crippen LogP contribution in [0.1, 0.15) is 45.0 Å². The highest BCUT2D eigenvalue weighted by Crippen LogP contribution is 2.30. The molecule has 2 aliphatic heterocycles. The molecule has 3 heterocycles. The molecule has 0 aliphatic carbocycles. The van der Waals surface area contributed by atoms with Gasteiger partial charge in [0.15, 0.2) is 0 Å². The highest BCUT2D eigenvalue weighted by atomic mass is 16.5. The maximum absolute atomic E-state index is 5.91. The molecule has 4 atom stereocenters. The van der Waals surface area contributed by atoms with Crippen LogP contribution >= 0.6 is 0 Å². The van der Waals surface area contributed by atoms with Gasteiger partial charge >= 0.3 is 0 Å². The summed E-state index contributed by atoms with van der Waals surface area (Å²) in [5.41, 5.74) is 0. The fraction of sp³-hybridized carbons (Fsp3) is 0.800. The Morgan fingerprint density at radius 1 is 1.30 bits per heavy atom. The third-order valence-electron chi connectivity index (χ3n) is 4.35. The van der Waals surface area contributed by atoms with Crippen molar-refractivity contribution in [1.29, 1.82) is 0 Å². The van der Waals surface area contributed by atoms with Crippen LogP contribution in [0, 0.1) is 0 Å². The van der Waals surface area contributed by atoms with E-state index in [-0.39, 0.29) is 6.10 Å². The molecule has 5 nitrogen and oxygen atoms in total. The minimum atomic E-state index is 0.0726. The second-order valence-electron chi connectivity index (χ2n) is 6.18. The molecule has 2 fully saturated rings. The smallest absolute Gasteiger partial charge is 0.139 e. The van der Waals surface area contributed by atoms with Gasteiger partial charge in [-0.1, -0.05) is 0 Å². The fourth-order valence-corrected chi connectivity index (χ4v) is 3.51. The lowest BCUT2D eigenvalue weighted by atomic mass is 9.97. The first-order valence-corrected chi connectivity index (χ1v) is 7.64. The molecule has 3 rings (SSSR count). The summed E-state index contributed by atoms with van der Waals surface area (Å²) in [5.74, 6) is 1.02. The summed E-state index contributed by atoms with van der Waals surface area (Å²) in [7, 11) is 2.03. The predicted octanol–water partition coefficient (Wildman–Crippen LogP) is 1.80. The zero-order chi connectivity index (χ0) is 14.1. The molecule has 0 radical (unpaired) electrons. The maximum Gasteiger partial charge on any atom is 0.139 e. The summed E-state index contributed by atoms with van der Waals surface area (Å²) < 4.78 is 13.8. The van der Waals surface area contributed by atoms with Gasteiger partial charge in [0.1, 0.15) is 11.9 Å². The van der Waals surface area contributed by atoms with E-state index >= 15 is 0 Å². The molecule has 0 amide bonds. The molecule has 112 valence electrons. The Balaban J connectivity index is 1.66. The molecule has 1 aromatic heterocycles. The summed E-state index contributed by atoms with van der Waals surface area (Å²) in [6.45, 7) is 5.13. The normalized spacial score (nSPS) is 38.2. The molecule has 5 heteroatoms. The first-order chi connectivity index (χ1) is 9.63. The molecule has 0 bridgehead atoms. The Kier molecular flexibility index (Phi) is 4.10. The second kappa shape index (κ2) is 5.84. The van der Waals surface area contributed by atoms with Crippen LogP contribution in [0.5, 0.6) is 0 Å². The topological polar surface area (TPSA) is 48.3 Å². The quantitative estimate of drug-likeness (QED) is 0.916. The Labute approximate surface area is 120 Å². The van der Waals surface area contributed by atoms with Crippen LogP contribution in [0.2, 0.25) is 0 Å². The van der Waals surface area contributed by atoms with Crippen LogP contribution in [0.4, 0.5) is 0 Å². The van der Waals surface area contributed by atoms with Crippen molar-refractivity contribution in [3.8, 4) is 0 Å². The van der Waals surface area contributed by atoms with Gasteiger partial charge in [0.25, 0.3) is 0 Å². The van der Waals surface area contributed by atoms with Crippen LogP contribution < -0.4 is 5.32 Å². The van der Waals surface area contributed by atoms with Gasteiger partial charge in [-0.2, -0.15) is 0 Å². The van der Waals surface area contributed by atoms with Gasteiger partial charge in [-0.15, -0.1) is 0 Å². The molecule has 1 N–H and O–H groups in total. The Hall–Kier alpha value is -0.910. The Morgan fingerprint density at radius 2 is 2.05 bits per heavy atom. The zero-order valence-electron chi connectivity index (χ0n) is 12.6. The highest BCUT2D eigenvalue weighted by Gasteiger charge is 2.35. The van der Waals surface area contributed by atoms with E-state index < -0.39 is 0 Å². The summed E-state index contributed by atoms with van der Waals surface area (Å²) in [6, 6.07) is 0.877. The lowest BCUT2D eigenvalue weighted by Crippen LogP contribution is -2.46. The highest BCUT2D eigenvalue weighted by molar-refractivity contribution is 5.03. The van der Waals surface area contributed by atoms with Gasteiger partial charge in [-0.3, -0.25) is 0 Å². The Bertz CT molecular complexity index is 438. The minimum absolute atomic E-state index is 0.0726. The van der Waals surface area contributed by atoms with Crippen LogP contribution in [0.25, 0.3) is 0 Å². The molecular formula is C15H25N3O2.